The van der Waals surface area contributed by atoms with E-state index in [2.05, 4.69) is 16.8 Å². The van der Waals surface area contributed by atoms with Crippen molar-refractivity contribution in [2.75, 3.05) is 5.73 Å². The van der Waals surface area contributed by atoms with Crippen LogP contribution in [-0.2, 0) is 4.79 Å². The molecule has 1 rings (SSSR count). The van der Waals surface area contributed by atoms with Crippen LogP contribution in [0.25, 0.3) is 0 Å². The van der Waals surface area contributed by atoms with Crippen LogP contribution in [0.2, 0.25) is 0 Å². The summed E-state index contributed by atoms with van der Waals surface area (Å²) in [7, 11) is 0. The summed E-state index contributed by atoms with van der Waals surface area (Å²) in [6, 6.07) is 3.55. The van der Waals surface area contributed by atoms with Crippen LogP contribution >= 0.6 is 0 Å². The number of nitrogen functional groups attached to an aromatic ring is 1. The minimum absolute atomic E-state index is 0.0372. The Morgan fingerprint density at radius 2 is 2.29 bits per heavy atom. The summed E-state index contributed by atoms with van der Waals surface area (Å²) in [5.74, 6) is 5.31. The third-order valence-electron chi connectivity index (χ3n) is 1.47. The van der Waals surface area contributed by atoms with Crippen LogP contribution in [0.4, 0.5) is 5.82 Å². The number of aryl methyl sites for hydroxylation is 1. The Morgan fingerprint density at radius 3 is 2.86 bits per heavy atom. The lowest BCUT2D eigenvalue weighted by molar-refractivity contribution is -0.117. The maximum atomic E-state index is 10.4. The third-order valence-corrected chi connectivity index (χ3v) is 1.47. The molecule has 0 bridgehead atoms. The number of amides is 1. The van der Waals surface area contributed by atoms with Crippen LogP contribution in [0, 0.1) is 18.8 Å². The summed E-state index contributed by atoms with van der Waals surface area (Å²) in [4.78, 5) is 14.4. The number of nitrogens with two attached hydrogens (primary N) is 2. The van der Waals surface area contributed by atoms with E-state index in [9.17, 15) is 4.79 Å². The number of nitrogens with zero attached hydrogens (tertiary/aromatic N) is 1. The molecule has 4 heteroatoms. The average molecular weight is 189 g/mol. The lowest BCUT2D eigenvalue weighted by Crippen LogP contribution is -2.08. The zero-order valence-electron chi connectivity index (χ0n) is 7.87. The molecule has 72 valence electrons. The molecule has 0 saturated carbocycles. The summed E-state index contributed by atoms with van der Waals surface area (Å²) >= 11 is 0. The standard InChI is InChI=1S/C10H11N3O/c1-7-5-8(13-9(11)6-7)3-2-4-10(12)14/h5-6H,4H2,1H3,(H2,11,13)(H2,12,14). The number of aromatic nitrogens is 1. The van der Waals surface area contributed by atoms with Gasteiger partial charge in [-0.3, -0.25) is 4.79 Å². The van der Waals surface area contributed by atoms with Gasteiger partial charge < -0.3 is 11.5 Å². The van der Waals surface area contributed by atoms with Gasteiger partial charge in [-0.25, -0.2) is 4.98 Å². The van der Waals surface area contributed by atoms with Crippen molar-refractivity contribution < 1.29 is 4.79 Å². The topological polar surface area (TPSA) is 82.0 Å². The molecule has 0 aliphatic carbocycles. The third kappa shape index (κ3) is 3.15. The highest BCUT2D eigenvalue weighted by molar-refractivity contribution is 5.76. The molecule has 0 aromatic carbocycles. The van der Waals surface area contributed by atoms with E-state index in [-0.39, 0.29) is 6.42 Å². The number of hydrogen-bond donors (Lipinski definition) is 2. The van der Waals surface area contributed by atoms with Crippen molar-refractivity contribution in [3.63, 3.8) is 0 Å². The summed E-state index contributed by atoms with van der Waals surface area (Å²) in [5.41, 5.74) is 12.0. The molecule has 4 nitrogen and oxygen atoms in total. The number of primary amides is 1. The first-order valence-electron chi connectivity index (χ1n) is 4.09. The van der Waals surface area contributed by atoms with Crippen LogP contribution < -0.4 is 11.5 Å². The van der Waals surface area contributed by atoms with E-state index in [0.717, 1.165) is 5.56 Å². The molecular weight excluding hydrogens is 178 g/mol. The van der Waals surface area contributed by atoms with Gasteiger partial charge in [0.05, 0.1) is 6.42 Å². The van der Waals surface area contributed by atoms with Crippen molar-refractivity contribution in [2.45, 2.75) is 13.3 Å². The van der Waals surface area contributed by atoms with Gasteiger partial charge >= 0.3 is 0 Å². The van der Waals surface area contributed by atoms with E-state index in [1.807, 2.05) is 6.92 Å². The number of hydrogen-bond acceptors (Lipinski definition) is 3. The number of anilines is 1. The summed E-state index contributed by atoms with van der Waals surface area (Å²) < 4.78 is 0. The fraction of sp³-hybridized carbons (Fsp3) is 0.200. The van der Waals surface area contributed by atoms with Gasteiger partial charge in [-0.05, 0) is 30.5 Å². The lowest BCUT2D eigenvalue weighted by Gasteiger charge is -1.96. The van der Waals surface area contributed by atoms with E-state index in [1.54, 1.807) is 12.1 Å². The number of pyridine rings is 1. The van der Waals surface area contributed by atoms with Gasteiger partial charge in [0.25, 0.3) is 0 Å². The molecule has 0 unspecified atom stereocenters. The minimum atomic E-state index is -0.446. The molecule has 0 radical (unpaired) electrons. The minimum Gasteiger partial charge on any atom is -0.384 e. The highest BCUT2D eigenvalue weighted by Gasteiger charge is 1.93. The largest absolute Gasteiger partial charge is 0.384 e. The smallest absolute Gasteiger partial charge is 0.229 e. The Balaban J connectivity index is 2.84. The molecule has 0 spiro atoms. The van der Waals surface area contributed by atoms with E-state index >= 15 is 0 Å². The first kappa shape index (κ1) is 10.1. The lowest BCUT2D eigenvalue weighted by atomic mass is 10.2. The van der Waals surface area contributed by atoms with Crippen LogP contribution in [-0.4, -0.2) is 10.9 Å². The highest BCUT2D eigenvalue weighted by atomic mass is 16.1. The van der Waals surface area contributed by atoms with E-state index in [0.29, 0.717) is 11.5 Å². The molecule has 1 aromatic rings. The quantitative estimate of drug-likeness (QED) is 0.619. The molecule has 0 atom stereocenters. The summed E-state index contributed by atoms with van der Waals surface area (Å²) in [5, 5.41) is 0. The maximum Gasteiger partial charge on any atom is 0.229 e. The molecule has 0 fully saturated rings. The van der Waals surface area contributed by atoms with Crippen molar-refractivity contribution in [1.82, 2.24) is 4.98 Å². The average Bonchev–Trinajstić information content (AvgIpc) is 2.01. The van der Waals surface area contributed by atoms with Gasteiger partial charge in [-0.1, -0.05) is 5.92 Å². The van der Waals surface area contributed by atoms with Crippen LogP contribution in [0.15, 0.2) is 12.1 Å². The van der Waals surface area contributed by atoms with Gasteiger partial charge in [0.2, 0.25) is 5.91 Å². The van der Waals surface area contributed by atoms with E-state index in [1.165, 1.54) is 0 Å². The first-order chi connectivity index (χ1) is 6.58. The SMILES string of the molecule is Cc1cc(N)nc(C#CCC(N)=O)c1. The first-order valence-corrected chi connectivity index (χ1v) is 4.09. The Bertz CT molecular complexity index is 395. The van der Waals surface area contributed by atoms with Crippen LogP contribution in [0.1, 0.15) is 17.7 Å². The predicted molar refractivity (Wildman–Crippen MR) is 54.1 cm³/mol. The summed E-state index contributed by atoms with van der Waals surface area (Å²) in [6.45, 7) is 1.90. The Labute approximate surface area is 82.3 Å². The predicted octanol–water partition coefficient (Wildman–Crippen LogP) is 0.199. The molecule has 14 heavy (non-hydrogen) atoms. The van der Waals surface area contributed by atoms with Gasteiger partial charge in [0.1, 0.15) is 11.5 Å². The molecule has 0 aliphatic heterocycles. The van der Waals surface area contributed by atoms with Gasteiger partial charge in [-0.15, -0.1) is 0 Å². The van der Waals surface area contributed by atoms with Gasteiger partial charge in [0, 0.05) is 0 Å². The number of carbonyl (C=O) groups is 1. The molecule has 0 saturated heterocycles. The summed E-state index contributed by atoms with van der Waals surface area (Å²) in [6.07, 6.45) is 0.0372. The second kappa shape index (κ2) is 4.28. The zero-order valence-corrected chi connectivity index (χ0v) is 7.87. The molecular formula is C10H11N3O. The van der Waals surface area contributed by atoms with Crippen LogP contribution in [0.5, 0.6) is 0 Å². The van der Waals surface area contributed by atoms with Gasteiger partial charge in [0.15, 0.2) is 0 Å². The normalized spacial score (nSPS) is 8.93. The number of carbonyl (C=O) groups excluding carboxylic acids is 1. The Kier molecular flexibility index (Phi) is 3.08. The van der Waals surface area contributed by atoms with Gasteiger partial charge in [-0.2, -0.15) is 0 Å². The highest BCUT2D eigenvalue weighted by Crippen LogP contribution is 2.04. The molecule has 1 aromatic heterocycles. The van der Waals surface area contributed by atoms with Crippen LogP contribution in [0.3, 0.4) is 0 Å². The van der Waals surface area contributed by atoms with Crippen molar-refractivity contribution in [3.05, 3.63) is 23.4 Å². The Morgan fingerprint density at radius 1 is 1.57 bits per heavy atom. The van der Waals surface area contributed by atoms with Crippen molar-refractivity contribution in [2.24, 2.45) is 5.73 Å². The number of rotatable bonds is 1. The molecule has 1 heterocycles. The Hall–Kier alpha value is -2.02. The van der Waals surface area contributed by atoms with Crippen molar-refractivity contribution >= 4 is 11.7 Å². The second-order valence-corrected chi connectivity index (χ2v) is 2.90. The molecule has 0 aliphatic rings. The second-order valence-electron chi connectivity index (χ2n) is 2.90. The van der Waals surface area contributed by atoms with E-state index in [4.69, 9.17) is 11.5 Å². The van der Waals surface area contributed by atoms with E-state index < -0.39 is 5.91 Å². The maximum absolute atomic E-state index is 10.4. The van der Waals surface area contributed by atoms with Crippen molar-refractivity contribution in [1.29, 1.82) is 0 Å². The molecule has 1 amide bonds. The van der Waals surface area contributed by atoms with Crippen molar-refractivity contribution in [3.8, 4) is 11.8 Å². The zero-order chi connectivity index (χ0) is 10.6. The fourth-order valence-electron chi connectivity index (χ4n) is 0.980. The molecule has 4 N–H and O–H groups in total. The monoisotopic (exact) mass is 189 g/mol. The fourth-order valence-corrected chi connectivity index (χ4v) is 0.980.